The molecule has 1 fully saturated rings. The minimum atomic E-state index is -0.542. The fourth-order valence-electron chi connectivity index (χ4n) is 2.62. The summed E-state index contributed by atoms with van der Waals surface area (Å²) in [6, 6.07) is 4.62. The lowest BCUT2D eigenvalue weighted by molar-refractivity contribution is -0.126. The van der Waals surface area contributed by atoms with Crippen LogP contribution in [0.2, 0.25) is 0 Å². The molecule has 0 atom stereocenters. The number of para-hydroxylation sites is 1. The summed E-state index contributed by atoms with van der Waals surface area (Å²) in [5.74, 6) is -0.605. The molecule has 1 amide bonds. The first-order chi connectivity index (χ1) is 9.09. The van der Waals surface area contributed by atoms with Gasteiger partial charge in [-0.3, -0.25) is 4.79 Å². The van der Waals surface area contributed by atoms with Crippen LogP contribution in [0.4, 0.5) is 10.1 Å². The first-order valence-electron chi connectivity index (χ1n) is 6.55. The minimum absolute atomic E-state index is 0.166. The predicted octanol–water partition coefficient (Wildman–Crippen LogP) is 3.44. The molecule has 0 spiro atoms. The van der Waals surface area contributed by atoms with E-state index in [1.54, 1.807) is 12.1 Å². The highest BCUT2D eigenvalue weighted by Crippen LogP contribution is 2.37. The minimum Gasteiger partial charge on any atom is -0.329 e. The lowest BCUT2D eigenvalue weighted by Gasteiger charge is -2.34. The van der Waals surface area contributed by atoms with E-state index in [2.05, 4.69) is 21.2 Å². The molecule has 3 nitrogen and oxygen atoms in total. The van der Waals surface area contributed by atoms with Gasteiger partial charge in [0, 0.05) is 11.0 Å². The number of amides is 1. The van der Waals surface area contributed by atoms with Crippen LogP contribution >= 0.6 is 15.9 Å². The summed E-state index contributed by atoms with van der Waals surface area (Å²) in [5.41, 5.74) is 5.46. The van der Waals surface area contributed by atoms with E-state index in [0.29, 0.717) is 11.0 Å². The fourth-order valence-corrected chi connectivity index (χ4v) is 3.06. The second-order valence-corrected chi connectivity index (χ2v) is 5.95. The van der Waals surface area contributed by atoms with Crippen molar-refractivity contribution in [3.63, 3.8) is 0 Å². The quantitative estimate of drug-likeness (QED) is 0.893. The van der Waals surface area contributed by atoms with Crippen molar-refractivity contribution in [3.05, 3.63) is 28.5 Å². The number of hydrogen-bond acceptors (Lipinski definition) is 2. The molecule has 1 aromatic rings. The summed E-state index contributed by atoms with van der Waals surface area (Å²) >= 11 is 3.25. The van der Waals surface area contributed by atoms with E-state index >= 15 is 0 Å². The summed E-state index contributed by atoms with van der Waals surface area (Å²) in [5, 5.41) is 2.70. The molecule has 3 N–H and O–H groups in total. The number of rotatable bonds is 3. The first kappa shape index (κ1) is 14.5. The zero-order chi connectivity index (χ0) is 13.9. The van der Waals surface area contributed by atoms with E-state index in [-0.39, 0.29) is 11.6 Å². The molecule has 19 heavy (non-hydrogen) atoms. The Morgan fingerprint density at radius 3 is 2.63 bits per heavy atom. The number of nitrogens with one attached hydrogen (secondary N) is 1. The normalized spacial score (nSPS) is 18.1. The van der Waals surface area contributed by atoms with Crippen LogP contribution in [0.15, 0.2) is 22.7 Å². The Morgan fingerprint density at radius 1 is 1.37 bits per heavy atom. The molecule has 1 saturated carbocycles. The van der Waals surface area contributed by atoms with Crippen LogP contribution in [0.25, 0.3) is 0 Å². The number of carbonyl (C=O) groups excluding carboxylic acids is 1. The predicted molar refractivity (Wildman–Crippen MR) is 77.3 cm³/mol. The highest BCUT2D eigenvalue weighted by molar-refractivity contribution is 9.10. The maximum Gasteiger partial charge on any atom is 0.231 e. The van der Waals surface area contributed by atoms with Gasteiger partial charge in [-0.2, -0.15) is 0 Å². The average molecular weight is 329 g/mol. The number of benzene rings is 1. The van der Waals surface area contributed by atoms with E-state index in [4.69, 9.17) is 5.73 Å². The summed E-state index contributed by atoms with van der Waals surface area (Å²) < 4.78 is 14.3. The summed E-state index contributed by atoms with van der Waals surface area (Å²) in [7, 11) is 0. The molecule has 1 aliphatic rings. The van der Waals surface area contributed by atoms with E-state index in [9.17, 15) is 9.18 Å². The van der Waals surface area contributed by atoms with Crippen molar-refractivity contribution in [2.24, 2.45) is 11.1 Å². The molecule has 0 heterocycles. The second kappa shape index (κ2) is 6.01. The molecule has 0 aliphatic heterocycles. The number of nitrogens with two attached hydrogens (primary N) is 1. The van der Waals surface area contributed by atoms with Gasteiger partial charge in [0.1, 0.15) is 5.82 Å². The van der Waals surface area contributed by atoms with Crippen molar-refractivity contribution in [2.45, 2.75) is 32.1 Å². The van der Waals surface area contributed by atoms with E-state index in [1.807, 2.05) is 0 Å². The van der Waals surface area contributed by atoms with Crippen molar-refractivity contribution in [3.8, 4) is 0 Å². The number of anilines is 1. The molecule has 0 unspecified atom stereocenters. The van der Waals surface area contributed by atoms with Gasteiger partial charge in [-0.05, 0) is 40.9 Å². The van der Waals surface area contributed by atoms with Gasteiger partial charge in [0.25, 0.3) is 0 Å². The van der Waals surface area contributed by atoms with Crippen molar-refractivity contribution in [1.29, 1.82) is 0 Å². The van der Waals surface area contributed by atoms with E-state index in [1.165, 1.54) is 6.07 Å². The number of halogens is 2. The third-order valence-corrected chi connectivity index (χ3v) is 4.55. The zero-order valence-electron chi connectivity index (χ0n) is 10.7. The Kier molecular flexibility index (Phi) is 4.58. The molecule has 0 aromatic heterocycles. The first-order valence-corrected chi connectivity index (χ1v) is 7.34. The zero-order valence-corrected chi connectivity index (χ0v) is 12.3. The number of hydrogen-bond donors (Lipinski definition) is 2. The van der Waals surface area contributed by atoms with Crippen LogP contribution in [-0.2, 0) is 4.79 Å². The number of carbonyl (C=O) groups is 1. The van der Waals surface area contributed by atoms with Crippen LogP contribution < -0.4 is 11.1 Å². The Hall–Kier alpha value is -0.940. The van der Waals surface area contributed by atoms with E-state index in [0.717, 1.165) is 32.1 Å². The van der Waals surface area contributed by atoms with Crippen LogP contribution in [0.3, 0.4) is 0 Å². The van der Waals surface area contributed by atoms with Gasteiger partial charge in [-0.25, -0.2) is 4.39 Å². The summed E-state index contributed by atoms with van der Waals surface area (Å²) in [4.78, 5) is 12.4. The maximum atomic E-state index is 13.7. The molecule has 1 aliphatic carbocycles. The Bertz CT molecular complexity index is 452. The van der Waals surface area contributed by atoms with E-state index < -0.39 is 11.2 Å². The van der Waals surface area contributed by atoms with Gasteiger partial charge < -0.3 is 11.1 Å². The van der Waals surface area contributed by atoms with Gasteiger partial charge in [-0.1, -0.05) is 25.3 Å². The highest BCUT2D eigenvalue weighted by atomic mass is 79.9. The topological polar surface area (TPSA) is 55.1 Å². The van der Waals surface area contributed by atoms with Crippen molar-refractivity contribution in [1.82, 2.24) is 0 Å². The van der Waals surface area contributed by atoms with Crippen molar-refractivity contribution >= 4 is 27.5 Å². The summed E-state index contributed by atoms with van der Waals surface area (Å²) in [6.07, 6.45) is 4.70. The Balaban J connectivity index is 2.20. The molecule has 5 heteroatoms. The standard InChI is InChI=1S/C14H18BrFN2O/c15-10-5-4-6-11(16)12(10)18-13(19)14(9-17)7-2-1-3-8-14/h4-6H,1-3,7-9,17H2,(H,18,19). The fraction of sp³-hybridized carbons (Fsp3) is 0.500. The Morgan fingerprint density at radius 2 is 2.05 bits per heavy atom. The van der Waals surface area contributed by atoms with Crippen molar-refractivity contribution in [2.75, 3.05) is 11.9 Å². The van der Waals surface area contributed by atoms with Gasteiger partial charge in [0.05, 0.1) is 11.1 Å². The average Bonchev–Trinajstić information content (AvgIpc) is 2.43. The van der Waals surface area contributed by atoms with Crippen LogP contribution in [-0.4, -0.2) is 12.5 Å². The van der Waals surface area contributed by atoms with Gasteiger partial charge in [0.15, 0.2) is 0 Å². The molecular weight excluding hydrogens is 311 g/mol. The third kappa shape index (κ3) is 2.98. The van der Waals surface area contributed by atoms with Gasteiger partial charge in [-0.15, -0.1) is 0 Å². The molecule has 0 bridgehead atoms. The van der Waals surface area contributed by atoms with Crippen LogP contribution in [0.5, 0.6) is 0 Å². The van der Waals surface area contributed by atoms with Gasteiger partial charge in [0.2, 0.25) is 5.91 Å². The molecule has 0 radical (unpaired) electrons. The second-order valence-electron chi connectivity index (χ2n) is 5.10. The highest BCUT2D eigenvalue weighted by Gasteiger charge is 2.38. The van der Waals surface area contributed by atoms with Gasteiger partial charge >= 0.3 is 0 Å². The molecule has 0 saturated heterocycles. The smallest absolute Gasteiger partial charge is 0.231 e. The lowest BCUT2D eigenvalue weighted by Crippen LogP contribution is -2.44. The maximum absolute atomic E-state index is 13.7. The monoisotopic (exact) mass is 328 g/mol. The molecular formula is C14H18BrFN2O. The third-order valence-electron chi connectivity index (χ3n) is 3.88. The SMILES string of the molecule is NCC1(C(=O)Nc2c(F)cccc2Br)CCCCC1. The lowest BCUT2D eigenvalue weighted by atomic mass is 9.73. The molecule has 104 valence electrons. The largest absolute Gasteiger partial charge is 0.329 e. The Labute approximate surface area is 120 Å². The molecule has 1 aromatic carbocycles. The summed E-state index contributed by atoms with van der Waals surface area (Å²) in [6.45, 7) is 0.310. The van der Waals surface area contributed by atoms with Crippen molar-refractivity contribution < 1.29 is 9.18 Å². The van der Waals surface area contributed by atoms with Crippen LogP contribution in [0.1, 0.15) is 32.1 Å². The molecule has 2 rings (SSSR count). The van der Waals surface area contributed by atoms with Crippen LogP contribution in [0, 0.1) is 11.2 Å².